The fourth-order valence-electron chi connectivity index (χ4n) is 2.67. The summed E-state index contributed by atoms with van der Waals surface area (Å²) in [5, 5.41) is 0. The van der Waals surface area contributed by atoms with Gasteiger partial charge >= 0.3 is 0 Å². The van der Waals surface area contributed by atoms with Gasteiger partial charge in [-0.2, -0.15) is 0 Å². The van der Waals surface area contributed by atoms with Gasteiger partial charge in [-0.3, -0.25) is 4.79 Å². The SMILES string of the molecule is Cc1cc(CC(=O)Cc2ccccc2)ccc1Sc1ccccc1. The Kier molecular flexibility index (Phi) is 5.50. The van der Waals surface area contributed by atoms with Crippen molar-refractivity contribution in [2.75, 3.05) is 0 Å². The van der Waals surface area contributed by atoms with Gasteiger partial charge in [0.05, 0.1) is 0 Å². The Hall–Kier alpha value is -2.32. The summed E-state index contributed by atoms with van der Waals surface area (Å²) in [5.74, 6) is 0.254. The topological polar surface area (TPSA) is 17.1 Å². The largest absolute Gasteiger partial charge is 0.299 e. The van der Waals surface area contributed by atoms with Crippen molar-refractivity contribution in [3.05, 3.63) is 95.6 Å². The molecule has 0 spiro atoms. The lowest BCUT2D eigenvalue weighted by atomic mass is 10.0. The van der Waals surface area contributed by atoms with Gasteiger partial charge < -0.3 is 0 Å². The number of ketones is 1. The Morgan fingerprint density at radius 2 is 1.42 bits per heavy atom. The van der Waals surface area contributed by atoms with Gasteiger partial charge in [0.2, 0.25) is 0 Å². The molecule has 0 atom stereocenters. The van der Waals surface area contributed by atoms with Crippen molar-refractivity contribution < 1.29 is 4.79 Å². The molecule has 0 heterocycles. The smallest absolute Gasteiger partial charge is 0.141 e. The van der Waals surface area contributed by atoms with Crippen molar-refractivity contribution in [3.63, 3.8) is 0 Å². The van der Waals surface area contributed by atoms with Gasteiger partial charge in [-0.05, 0) is 41.8 Å². The van der Waals surface area contributed by atoms with Gasteiger partial charge in [-0.1, -0.05) is 72.4 Å². The van der Waals surface area contributed by atoms with E-state index in [9.17, 15) is 4.79 Å². The lowest BCUT2D eigenvalue weighted by Crippen LogP contribution is -2.06. The predicted octanol–water partition coefficient (Wildman–Crippen LogP) is 5.50. The first-order chi connectivity index (χ1) is 11.7. The van der Waals surface area contributed by atoms with E-state index in [-0.39, 0.29) is 5.78 Å². The summed E-state index contributed by atoms with van der Waals surface area (Å²) >= 11 is 1.76. The lowest BCUT2D eigenvalue weighted by molar-refractivity contribution is -0.117. The third-order valence-corrected chi connectivity index (χ3v) is 5.04. The number of Topliss-reactive ketones (excluding diaryl/α,β-unsaturated/α-hetero) is 1. The maximum atomic E-state index is 12.3. The minimum absolute atomic E-state index is 0.254. The van der Waals surface area contributed by atoms with Gasteiger partial charge in [0.25, 0.3) is 0 Å². The third kappa shape index (κ3) is 4.59. The first-order valence-corrected chi connectivity index (χ1v) is 8.90. The van der Waals surface area contributed by atoms with Crippen molar-refractivity contribution in [2.24, 2.45) is 0 Å². The number of hydrogen-bond acceptors (Lipinski definition) is 2. The maximum Gasteiger partial charge on any atom is 0.141 e. The van der Waals surface area contributed by atoms with Gasteiger partial charge in [-0.25, -0.2) is 0 Å². The van der Waals surface area contributed by atoms with E-state index in [0.717, 1.165) is 11.1 Å². The monoisotopic (exact) mass is 332 g/mol. The number of benzene rings is 3. The summed E-state index contributed by atoms with van der Waals surface area (Å²) in [6, 6.07) is 26.6. The molecule has 120 valence electrons. The van der Waals surface area contributed by atoms with E-state index in [1.54, 1.807) is 11.8 Å². The van der Waals surface area contributed by atoms with Crippen molar-refractivity contribution in [1.82, 2.24) is 0 Å². The van der Waals surface area contributed by atoms with Crippen molar-refractivity contribution >= 4 is 17.5 Å². The number of aryl methyl sites for hydroxylation is 1. The van der Waals surface area contributed by atoms with E-state index in [0.29, 0.717) is 12.8 Å². The minimum atomic E-state index is 0.254. The second-order valence-electron chi connectivity index (χ2n) is 5.89. The van der Waals surface area contributed by atoms with Crippen LogP contribution in [0.3, 0.4) is 0 Å². The van der Waals surface area contributed by atoms with Crippen LogP contribution in [0.25, 0.3) is 0 Å². The zero-order chi connectivity index (χ0) is 16.8. The summed E-state index contributed by atoms with van der Waals surface area (Å²) in [6.07, 6.45) is 0.992. The van der Waals surface area contributed by atoms with Gasteiger partial charge in [0.15, 0.2) is 0 Å². The Morgan fingerprint density at radius 1 is 0.792 bits per heavy atom. The average molecular weight is 332 g/mol. The predicted molar refractivity (Wildman–Crippen MR) is 101 cm³/mol. The molecular formula is C22H20OS. The molecule has 0 fully saturated rings. The van der Waals surface area contributed by atoms with E-state index in [1.807, 2.05) is 48.5 Å². The van der Waals surface area contributed by atoms with Crippen molar-refractivity contribution in [2.45, 2.75) is 29.6 Å². The van der Waals surface area contributed by atoms with Crippen LogP contribution in [0.4, 0.5) is 0 Å². The fourth-order valence-corrected chi connectivity index (χ4v) is 3.57. The molecular weight excluding hydrogens is 312 g/mol. The normalized spacial score (nSPS) is 10.5. The molecule has 3 rings (SSSR count). The first kappa shape index (κ1) is 16.5. The molecule has 0 radical (unpaired) electrons. The molecule has 0 bridgehead atoms. The van der Waals surface area contributed by atoms with E-state index < -0.39 is 0 Å². The first-order valence-electron chi connectivity index (χ1n) is 8.09. The van der Waals surface area contributed by atoms with Crippen LogP contribution in [0.5, 0.6) is 0 Å². The summed E-state index contributed by atoms with van der Waals surface area (Å²) in [5.41, 5.74) is 3.38. The van der Waals surface area contributed by atoms with Crippen LogP contribution < -0.4 is 0 Å². The Balaban J connectivity index is 1.65. The van der Waals surface area contributed by atoms with Crippen LogP contribution in [-0.4, -0.2) is 5.78 Å². The van der Waals surface area contributed by atoms with Crippen LogP contribution in [0.2, 0.25) is 0 Å². The van der Waals surface area contributed by atoms with E-state index in [1.165, 1.54) is 15.4 Å². The molecule has 3 aromatic carbocycles. The van der Waals surface area contributed by atoms with Gasteiger partial charge in [0, 0.05) is 22.6 Å². The van der Waals surface area contributed by atoms with E-state index in [4.69, 9.17) is 0 Å². The van der Waals surface area contributed by atoms with Crippen LogP contribution >= 0.6 is 11.8 Å². The third-order valence-electron chi connectivity index (χ3n) is 3.86. The van der Waals surface area contributed by atoms with Crippen LogP contribution in [0.15, 0.2) is 88.7 Å². The summed E-state index contributed by atoms with van der Waals surface area (Å²) in [4.78, 5) is 14.7. The molecule has 0 unspecified atom stereocenters. The highest BCUT2D eigenvalue weighted by molar-refractivity contribution is 7.99. The molecule has 0 aliphatic heterocycles. The summed E-state index contributed by atoms with van der Waals surface area (Å²) in [6.45, 7) is 2.11. The molecule has 0 saturated heterocycles. The molecule has 0 saturated carbocycles. The minimum Gasteiger partial charge on any atom is -0.299 e. The summed E-state index contributed by atoms with van der Waals surface area (Å²) in [7, 11) is 0. The number of carbonyl (C=O) groups excluding carboxylic acids is 1. The molecule has 24 heavy (non-hydrogen) atoms. The lowest BCUT2D eigenvalue weighted by Gasteiger charge is -2.08. The second kappa shape index (κ2) is 7.98. The zero-order valence-corrected chi connectivity index (χ0v) is 14.6. The molecule has 0 aliphatic carbocycles. The maximum absolute atomic E-state index is 12.3. The molecule has 2 heteroatoms. The molecule has 0 amide bonds. The highest BCUT2D eigenvalue weighted by atomic mass is 32.2. The average Bonchev–Trinajstić information content (AvgIpc) is 2.59. The second-order valence-corrected chi connectivity index (χ2v) is 7.01. The molecule has 3 aromatic rings. The fraction of sp³-hybridized carbons (Fsp3) is 0.136. The van der Waals surface area contributed by atoms with Crippen LogP contribution in [0, 0.1) is 6.92 Å². The number of carbonyl (C=O) groups is 1. The van der Waals surface area contributed by atoms with Crippen LogP contribution in [0.1, 0.15) is 16.7 Å². The summed E-state index contributed by atoms with van der Waals surface area (Å²) < 4.78 is 0. The van der Waals surface area contributed by atoms with Gasteiger partial charge in [0.1, 0.15) is 5.78 Å². The van der Waals surface area contributed by atoms with Crippen LogP contribution in [-0.2, 0) is 17.6 Å². The molecule has 0 aliphatic rings. The highest BCUT2D eigenvalue weighted by Gasteiger charge is 2.08. The zero-order valence-electron chi connectivity index (χ0n) is 13.7. The Bertz CT molecular complexity index is 810. The standard InChI is InChI=1S/C22H20OS/c1-17-14-19(16-20(23)15-18-8-4-2-5-9-18)12-13-22(17)24-21-10-6-3-7-11-21/h2-14H,15-16H2,1H3. The van der Waals surface area contributed by atoms with Gasteiger partial charge in [-0.15, -0.1) is 0 Å². The highest BCUT2D eigenvalue weighted by Crippen LogP contribution is 2.30. The van der Waals surface area contributed by atoms with E-state index >= 15 is 0 Å². The van der Waals surface area contributed by atoms with Crippen molar-refractivity contribution in [1.29, 1.82) is 0 Å². The number of rotatable bonds is 6. The quantitative estimate of drug-likeness (QED) is 0.593. The van der Waals surface area contributed by atoms with Crippen molar-refractivity contribution in [3.8, 4) is 0 Å². The molecule has 1 nitrogen and oxygen atoms in total. The van der Waals surface area contributed by atoms with E-state index in [2.05, 4.69) is 37.3 Å². The molecule has 0 N–H and O–H groups in total. The Morgan fingerprint density at radius 3 is 2.08 bits per heavy atom. The number of hydrogen-bond donors (Lipinski definition) is 0. The molecule has 0 aromatic heterocycles. The Labute approximate surface area is 147 Å².